The van der Waals surface area contributed by atoms with E-state index in [2.05, 4.69) is 0 Å². The predicted molar refractivity (Wildman–Crippen MR) is 77.0 cm³/mol. The van der Waals surface area contributed by atoms with Gasteiger partial charge in [0.05, 0.1) is 12.6 Å². The number of hydrogen-bond donors (Lipinski definition) is 2. The molecule has 2 atom stereocenters. The Morgan fingerprint density at radius 2 is 2.19 bits per heavy atom. The van der Waals surface area contributed by atoms with Gasteiger partial charge in [0.2, 0.25) is 0 Å². The number of carbonyl (C=O) groups is 2. The van der Waals surface area contributed by atoms with Crippen LogP contribution in [0.3, 0.4) is 0 Å². The molecule has 2 fully saturated rings. The molecule has 0 unspecified atom stereocenters. The molecule has 7 heteroatoms. The van der Waals surface area contributed by atoms with E-state index in [1.807, 2.05) is 17.5 Å². The highest BCUT2D eigenvalue weighted by molar-refractivity contribution is 7.09. The molecule has 21 heavy (non-hydrogen) atoms. The Balaban J connectivity index is 1.75. The second kappa shape index (κ2) is 5.65. The number of hydrogen-bond acceptors (Lipinski definition) is 4. The maximum atomic E-state index is 12.7. The first-order valence-corrected chi connectivity index (χ1v) is 7.94. The minimum atomic E-state index is -1.05. The van der Waals surface area contributed by atoms with Gasteiger partial charge in [-0.1, -0.05) is 6.07 Å². The monoisotopic (exact) mass is 310 g/mol. The van der Waals surface area contributed by atoms with Gasteiger partial charge in [-0.2, -0.15) is 0 Å². The van der Waals surface area contributed by atoms with Crippen LogP contribution in [0.2, 0.25) is 0 Å². The summed E-state index contributed by atoms with van der Waals surface area (Å²) in [6.07, 6.45) is 1.28. The van der Waals surface area contributed by atoms with Crippen LogP contribution in [0.1, 0.15) is 24.1 Å². The number of carbonyl (C=O) groups excluding carboxylic acids is 1. The minimum Gasteiger partial charge on any atom is -0.480 e. The van der Waals surface area contributed by atoms with Crippen molar-refractivity contribution in [2.24, 2.45) is 0 Å². The third-order valence-electron chi connectivity index (χ3n) is 3.95. The smallest absolute Gasteiger partial charge is 0.326 e. The molecule has 0 spiro atoms. The number of urea groups is 1. The summed E-state index contributed by atoms with van der Waals surface area (Å²) in [5, 5.41) is 20.9. The van der Waals surface area contributed by atoms with Gasteiger partial charge in [0.1, 0.15) is 6.04 Å². The zero-order valence-electron chi connectivity index (χ0n) is 11.5. The van der Waals surface area contributed by atoms with Crippen molar-refractivity contribution in [2.75, 3.05) is 6.54 Å². The maximum Gasteiger partial charge on any atom is 0.326 e. The van der Waals surface area contributed by atoms with Crippen molar-refractivity contribution in [3.8, 4) is 0 Å². The molecule has 3 rings (SSSR count). The van der Waals surface area contributed by atoms with Gasteiger partial charge in [-0.05, 0) is 24.3 Å². The van der Waals surface area contributed by atoms with E-state index in [9.17, 15) is 19.8 Å². The summed E-state index contributed by atoms with van der Waals surface area (Å²) in [4.78, 5) is 28.1. The van der Waals surface area contributed by atoms with Gasteiger partial charge in [0.25, 0.3) is 0 Å². The van der Waals surface area contributed by atoms with E-state index in [-0.39, 0.29) is 25.0 Å². The Bertz CT molecular complexity index is 529. The lowest BCUT2D eigenvalue weighted by molar-refractivity contribution is -0.141. The third-order valence-corrected chi connectivity index (χ3v) is 4.81. The molecular weight excluding hydrogens is 292 g/mol. The number of amides is 2. The second-order valence-corrected chi connectivity index (χ2v) is 6.65. The van der Waals surface area contributed by atoms with Gasteiger partial charge < -0.3 is 20.0 Å². The normalized spacial score (nSPS) is 25.1. The van der Waals surface area contributed by atoms with Crippen molar-refractivity contribution in [1.29, 1.82) is 0 Å². The Labute approximate surface area is 126 Å². The van der Waals surface area contributed by atoms with E-state index in [0.717, 1.165) is 17.7 Å². The Morgan fingerprint density at radius 1 is 1.43 bits per heavy atom. The van der Waals surface area contributed by atoms with Gasteiger partial charge in [-0.25, -0.2) is 9.59 Å². The minimum absolute atomic E-state index is 0.101. The van der Waals surface area contributed by atoms with Crippen LogP contribution >= 0.6 is 11.3 Å². The average Bonchev–Trinajstić information content (AvgIpc) is 2.99. The molecule has 2 heterocycles. The molecule has 2 N–H and O–H groups in total. The summed E-state index contributed by atoms with van der Waals surface area (Å²) < 4.78 is 0. The Morgan fingerprint density at radius 3 is 2.76 bits per heavy atom. The number of likely N-dealkylation sites (tertiary alicyclic amines) is 1. The van der Waals surface area contributed by atoms with Gasteiger partial charge >= 0.3 is 12.0 Å². The number of nitrogens with zero attached hydrogens (tertiary/aromatic N) is 2. The SMILES string of the molecule is O=C(O)[C@@H]1C[C@@H](O)CN1C(=O)N(Cc1cccs1)C1CC1. The Hall–Kier alpha value is -1.60. The summed E-state index contributed by atoms with van der Waals surface area (Å²) in [5.74, 6) is -1.05. The molecule has 2 amide bonds. The number of aliphatic hydroxyl groups is 1. The molecule has 1 aliphatic heterocycles. The van der Waals surface area contributed by atoms with Crippen LogP contribution in [-0.2, 0) is 11.3 Å². The fourth-order valence-electron chi connectivity index (χ4n) is 2.73. The first-order valence-electron chi connectivity index (χ1n) is 7.06. The van der Waals surface area contributed by atoms with E-state index >= 15 is 0 Å². The highest BCUT2D eigenvalue weighted by Gasteiger charge is 2.43. The third kappa shape index (κ3) is 3.03. The van der Waals surface area contributed by atoms with Crippen molar-refractivity contribution in [3.05, 3.63) is 22.4 Å². The van der Waals surface area contributed by atoms with Crippen molar-refractivity contribution < 1.29 is 19.8 Å². The molecule has 0 aromatic carbocycles. The molecule has 1 aromatic rings. The second-order valence-electron chi connectivity index (χ2n) is 5.62. The summed E-state index contributed by atoms with van der Waals surface area (Å²) in [6.45, 7) is 0.615. The van der Waals surface area contributed by atoms with Crippen molar-refractivity contribution in [2.45, 2.75) is 44.0 Å². The topological polar surface area (TPSA) is 81.1 Å². The number of thiophene rings is 1. The highest BCUT2D eigenvalue weighted by atomic mass is 32.1. The van der Waals surface area contributed by atoms with Crippen molar-refractivity contribution >= 4 is 23.3 Å². The number of carboxylic acid groups (broad SMARTS) is 1. The van der Waals surface area contributed by atoms with Gasteiger partial charge in [0.15, 0.2) is 0 Å². The zero-order valence-corrected chi connectivity index (χ0v) is 12.3. The standard InChI is InChI=1S/C14H18N2O4S/c17-10-6-12(13(18)19)16(7-10)14(20)15(9-3-4-9)8-11-2-1-5-21-11/h1-2,5,9-10,12,17H,3-4,6-8H2,(H,18,19)/t10-,12+/m1/s1. The number of aliphatic carboxylic acids is 1. The van der Waals surface area contributed by atoms with E-state index in [0.29, 0.717) is 6.54 Å². The number of aliphatic hydroxyl groups excluding tert-OH is 1. The van der Waals surface area contributed by atoms with Crippen molar-refractivity contribution in [1.82, 2.24) is 9.80 Å². The van der Waals surface area contributed by atoms with Crippen LogP contribution in [0.25, 0.3) is 0 Å². The van der Waals surface area contributed by atoms with E-state index in [1.54, 1.807) is 16.2 Å². The predicted octanol–water partition coefficient (Wildman–Crippen LogP) is 1.35. The molecule has 1 aromatic heterocycles. The van der Waals surface area contributed by atoms with Gasteiger partial charge in [-0.3, -0.25) is 0 Å². The molecule has 0 bridgehead atoms. The molecule has 114 valence electrons. The fraction of sp³-hybridized carbons (Fsp3) is 0.571. The largest absolute Gasteiger partial charge is 0.480 e. The van der Waals surface area contributed by atoms with E-state index in [4.69, 9.17) is 0 Å². The summed E-state index contributed by atoms with van der Waals surface area (Å²) in [5.41, 5.74) is 0. The van der Waals surface area contributed by atoms with Crippen LogP contribution < -0.4 is 0 Å². The lowest BCUT2D eigenvalue weighted by Gasteiger charge is -2.30. The summed E-state index contributed by atoms with van der Waals surface area (Å²) in [6, 6.07) is 2.93. The van der Waals surface area contributed by atoms with E-state index < -0.39 is 18.1 Å². The molecule has 0 radical (unpaired) electrons. The van der Waals surface area contributed by atoms with Crippen LogP contribution in [-0.4, -0.2) is 56.7 Å². The fourth-order valence-corrected chi connectivity index (χ4v) is 3.44. The van der Waals surface area contributed by atoms with Crippen LogP contribution in [0, 0.1) is 0 Å². The molecule has 6 nitrogen and oxygen atoms in total. The average molecular weight is 310 g/mol. The number of carboxylic acids is 1. The lowest BCUT2D eigenvalue weighted by Crippen LogP contribution is -2.48. The van der Waals surface area contributed by atoms with Crippen LogP contribution in [0.4, 0.5) is 4.79 Å². The molecule has 1 saturated carbocycles. The zero-order chi connectivity index (χ0) is 15.0. The number of β-amino-alcohol motifs (C(OH)–C–C–N with tert-alkyl or cyclic N) is 1. The Kier molecular flexibility index (Phi) is 3.86. The quantitative estimate of drug-likeness (QED) is 0.879. The first kappa shape index (κ1) is 14.3. The maximum absolute atomic E-state index is 12.7. The number of rotatable bonds is 4. The molecule has 1 aliphatic carbocycles. The highest BCUT2D eigenvalue weighted by Crippen LogP contribution is 2.32. The summed E-state index contributed by atoms with van der Waals surface area (Å²) >= 11 is 1.59. The van der Waals surface area contributed by atoms with Crippen molar-refractivity contribution in [3.63, 3.8) is 0 Å². The van der Waals surface area contributed by atoms with Crippen LogP contribution in [0.15, 0.2) is 17.5 Å². The van der Waals surface area contributed by atoms with Crippen LogP contribution in [0.5, 0.6) is 0 Å². The molecular formula is C14H18N2O4S. The van der Waals surface area contributed by atoms with Gasteiger partial charge in [0, 0.05) is 23.9 Å². The lowest BCUT2D eigenvalue weighted by atomic mass is 10.2. The van der Waals surface area contributed by atoms with E-state index in [1.165, 1.54) is 4.90 Å². The molecule has 2 aliphatic rings. The van der Waals surface area contributed by atoms with Gasteiger partial charge in [-0.15, -0.1) is 11.3 Å². The molecule has 1 saturated heterocycles. The first-order chi connectivity index (χ1) is 10.1. The summed E-state index contributed by atoms with van der Waals surface area (Å²) in [7, 11) is 0.